The zero-order chi connectivity index (χ0) is 19.3. The van der Waals surface area contributed by atoms with Crippen LogP contribution < -0.4 is 5.32 Å². The van der Waals surface area contributed by atoms with Crippen molar-refractivity contribution in [2.45, 2.75) is 64.6 Å². The fourth-order valence-corrected chi connectivity index (χ4v) is 2.76. The number of likely N-dealkylation sites (tertiary alicyclic amines) is 1. The van der Waals surface area contributed by atoms with Gasteiger partial charge in [0.05, 0.1) is 12.1 Å². The van der Waals surface area contributed by atoms with Gasteiger partial charge in [0.2, 0.25) is 0 Å². The largest absolute Gasteiger partial charge is 0.445 e. The molecule has 2 amide bonds. The topological polar surface area (TPSA) is 67.9 Å². The number of carbonyl (C=O) groups excluding carboxylic acids is 2. The van der Waals surface area contributed by atoms with E-state index in [1.807, 2.05) is 30.3 Å². The van der Waals surface area contributed by atoms with Gasteiger partial charge in [0.1, 0.15) is 18.4 Å². The summed E-state index contributed by atoms with van der Waals surface area (Å²) in [5.41, 5.74) is 0.209. The summed E-state index contributed by atoms with van der Waals surface area (Å²) in [5.74, 6) is 0. The highest BCUT2D eigenvalue weighted by Gasteiger charge is 2.38. The maximum absolute atomic E-state index is 14.3. The molecule has 1 aromatic carbocycles. The van der Waals surface area contributed by atoms with Gasteiger partial charge in [0, 0.05) is 13.0 Å². The van der Waals surface area contributed by atoms with Crippen LogP contribution in [0, 0.1) is 0 Å². The number of alkyl carbamates (subject to hydrolysis) is 1. The molecular formula is C19H27FN2O4. The Kier molecular flexibility index (Phi) is 6.45. The van der Waals surface area contributed by atoms with Gasteiger partial charge >= 0.3 is 12.2 Å². The van der Waals surface area contributed by atoms with Gasteiger partial charge in [-0.1, -0.05) is 30.3 Å². The first kappa shape index (κ1) is 20.0. The first-order valence-corrected chi connectivity index (χ1v) is 8.76. The molecule has 0 spiro atoms. The first-order valence-electron chi connectivity index (χ1n) is 8.76. The number of nitrogens with zero attached hydrogens (tertiary/aromatic N) is 1. The van der Waals surface area contributed by atoms with E-state index in [4.69, 9.17) is 9.47 Å². The van der Waals surface area contributed by atoms with Gasteiger partial charge in [-0.3, -0.25) is 0 Å². The van der Waals surface area contributed by atoms with E-state index in [0.717, 1.165) is 5.56 Å². The molecule has 1 aliphatic heterocycles. The molecule has 6 nitrogen and oxygen atoms in total. The molecule has 1 fully saturated rings. The van der Waals surface area contributed by atoms with Crippen molar-refractivity contribution in [3.63, 3.8) is 0 Å². The fourth-order valence-electron chi connectivity index (χ4n) is 2.76. The molecule has 3 atom stereocenters. The third-order valence-electron chi connectivity index (χ3n) is 4.10. The van der Waals surface area contributed by atoms with Crippen LogP contribution in [-0.2, 0) is 16.1 Å². The molecule has 0 bridgehead atoms. The number of carbonyl (C=O) groups is 2. The molecule has 2 rings (SSSR count). The number of alkyl halides is 1. The minimum absolute atomic E-state index is 0.115. The van der Waals surface area contributed by atoms with E-state index in [2.05, 4.69) is 5.32 Å². The summed E-state index contributed by atoms with van der Waals surface area (Å²) in [6, 6.07) is 8.12. The van der Waals surface area contributed by atoms with Gasteiger partial charge in [-0.25, -0.2) is 14.0 Å². The zero-order valence-electron chi connectivity index (χ0n) is 15.7. The van der Waals surface area contributed by atoms with E-state index in [1.165, 1.54) is 4.90 Å². The normalized spacial score (nSPS) is 23.3. The second-order valence-electron chi connectivity index (χ2n) is 7.53. The van der Waals surface area contributed by atoms with Crippen molar-refractivity contribution in [2.75, 3.05) is 6.54 Å². The number of hydrogen-bond acceptors (Lipinski definition) is 4. The zero-order valence-corrected chi connectivity index (χ0v) is 15.7. The molecule has 1 heterocycles. The second kappa shape index (κ2) is 8.38. The van der Waals surface area contributed by atoms with Crippen molar-refractivity contribution in [2.24, 2.45) is 0 Å². The Balaban J connectivity index is 1.93. The summed E-state index contributed by atoms with van der Waals surface area (Å²) in [6.45, 7) is 7.18. The highest BCUT2D eigenvalue weighted by Crippen LogP contribution is 2.22. The summed E-state index contributed by atoms with van der Waals surface area (Å²) < 4.78 is 24.8. The molecule has 0 radical (unpaired) electrons. The molecule has 1 aliphatic rings. The van der Waals surface area contributed by atoms with Crippen LogP contribution in [0.5, 0.6) is 0 Å². The Hall–Kier alpha value is -2.31. The summed E-state index contributed by atoms with van der Waals surface area (Å²) in [6.07, 6.45) is -2.35. The number of hydrogen-bond donors (Lipinski definition) is 1. The molecule has 7 heteroatoms. The molecule has 3 unspecified atom stereocenters. The van der Waals surface area contributed by atoms with Crippen molar-refractivity contribution in [3.8, 4) is 0 Å². The molecule has 26 heavy (non-hydrogen) atoms. The van der Waals surface area contributed by atoms with Crippen LogP contribution in [0.25, 0.3) is 0 Å². The van der Waals surface area contributed by atoms with Gasteiger partial charge in [0.15, 0.2) is 0 Å². The van der Waals surface area contributed by atoms with Gasteiger partial charge < -0.3 is 19.7 Å². The molecule has 1 saturated heterocycles. The van der Waals surface area contributed by atoms with Gasteiger partial charge in [-0.05, 0) is 33.3 Å². The summed E-state index contributed by atoms with van der Waals surface area (Å²) in [7, 11) is 0. The molecule has 0 aromatic heterocycles. The molecule has 144 valence electrons. The number of benzene rings is 1. The minimum Gasteiger partial charge on any atom is -0.445 e. The van der Waals surface area contributed by atoms with Crippen LogP contribution in [-0.4, -0.2) is 47.5 Å². The second-order valence-corrected chi connectivity index (χ2v) is 7.53. The summed E-state index contributed by atoms with van der Waals surface area (Å²) in [4.78, 5) is 25.6. The highest BCUT2D eigenvalue weighted by molar-refractivity contribution is 5.70. The van der Waals surface area contributed by atoms with Crippen molar-refractivity contribution in [1.29, 1.82) is 0 Å². The van der Waals surface area contributed by atoms with Crippen LogP contribution in [0.15, 0.2) is 30.3 Å². The van der Waals surface area contributed by atoms with Crippen LogP contribution >= 0.6 is 0 Å². The molecule has 1 aromatic rings. The predicted molar refractivity (Wildman–Crippen MR) is 95.5 cm³/mol. The van der Waals surface area contributed by atoms with Gasteiger partial charge in [-0.2, -0.15) is 0 Å². The van der Waals surface area contributed by atoms with Gasteiger partial charge in [-0.15, -0.1) is 0 Å². The number of rotatable bonds is 3. The van der Waals surface area contributed by atoms with E-state index in [1.54, 1.807) is 27.7 Å². The fraction of sp³-hybridized carbons (Fsp3) is 0.579. The molecule has 1 N–H and O–H groups in total. The Morgan fingerprint density at radius 1 is 1.27 bits per heavy atom. The Bertz CT molecular complexity index is 618. The number of piperidine rings is 1. The van der Waals surface area contributed by atoms with E-state index >= 15 is 0 Å². The van der Waals surface area contributed by atoms with Crippen molar-refractivity contribution in [1.82, 2.24) is 10.2 Å². The lowest BCUT2D eigenvalue weighted by Crippen LogP contribution is -2.57. The lowest BCUT2D eigenvalue weighted by Gasteiger charge is -2.39. The standard InChI is InChI=1S/C19H27FN2O4/c1-13-16(20)10-15(21-17(23)26-19(2,3)4)11-22(13)18(24)25-12-14-8-6-5-7-9-14/h5-9,13,15-16H,10-12H2,1-4H3,(H,21,23). The number of amides is 2. The van der Waals surface area contributed by atoms with E-state index in [-0.39, 0.29) is 19.6 Å². The van der Waals surface area contributed by atoms with Crippen LogP contribution in [0.3, 0.4) is 0 Å². The average molecular weight is 366 g/mol. The highest BCUT2D eigenvalue weighted by atomic mass is 19.1. The van der Waals surface area contributed by atoms with Crippen molar-refractivity contribution in [3.05, 3.63) is 35.9 Å². The van der Waals surface area contributed by atoms with E-state index in [9.17, 15) is 14.0 Å². The smallest absolute Gasteiger partial charge is 0.410 e. The minimum atomic E-state index is -1.26. The van der Waals surface area contributed by atoms with Crippen LogP contribution in [0.4, 0.5) is 14.0 Å². The third-order valence-corrected chi connectivity index (χ3v) is 4.10. The third kappa shape index (κ3) is 5.89. The lowest BCUT2D eigenvalue weighted by atomic mass is 9.98. The van der Waals surface area contributed by atoms with E-state index in [0.29, 0.717) is 0 Å². The molecular weight excluding hydrogens is 339 g/mol. The van der Waals surface area contributed by atoms with Gasteiger partial charge in [0.25, 0.3) is 0 Å². The van der Waals surface area contributed by atoms with Crippen molar-refractivity contribution < 1.29 is 23.5 Å². The Morgan fingerprint density at radius 2 is 1.92 bits per heavy atom. The maximum atomic E-state index is 14.3. The SMILES string of the molecule is CC1C(F)CC(NC(=O)OC(C)(C)C)CN1C(=O)OCc1ccccc1. The monoisotopic (exact) mass is 366 g/mol. The molecule has 0 aliphatic carbocycles. The van der Waals surface area contributed by atoms with Crippen LogP contribution in [0.1, 0.15) is 39.7 Å². The Morgan fingerprint density at radius 3 is 2.54 bits per heavy atom. The van der Waals surface area contributed by atoms with E-state index < -0.39 is 36.0 Å². The maximum Gasteiger partial charge on any atom is 0.410 e. The molecule has 0 saturated carbocycles. The average Bonchev–Trinajstić information content (AvgIpc) is 2.55. The Labute approximate surface area is 153 Å². The first-order chi connectivity index (χ1) is 12.2. The summed E-state index contributed by atoms with van der Waals surface area (Å²) >= 11 is 0. The van der Waals surface area contributed by atoms with Crippen LogP contribution in [0.2, 0.25) is 0 Å². The lowest BCUT2D eigenvalue weighted by molar-refractivity contribution is 0.0219. The number of nitrogens with one attached hydrogen (secondary N) is 1. The quantitative estimate of drug-likeness (QED) is 0.887. The van der Waals surface area contributed by atoms with Crippen molar-refractivity contribution >= 4 is 12.2 Å². The summed E-state index contributed by atoms with van der Waals surface area (Å²) in [5, 5.41) is 2.63. The predicted octanol–water partition coefficient (Wildman–Crippen LogP) is 3.65. The number of ether oxygens (including phenoxy) is 2. The number of halogens is 1.